The van der Waals surface area contributed by atoms with Gasteiger partial charge >= 0.3 is 5.69 Å². The van der Waals surface area contributed by atoms with Crippen LogP contribution < -0.4 is 10.6 Å². The maximum absolute atomic E-state index is 11.2. The molecule has 110 valence electrons. The second kappa shape index (κ2) is 5.48. The summed E-state index contributed by atoms with van der Waals surface area (Å²) in [7, 11) is 0. The molecule has 8 nitrogen and oxygen atoms in total. The Morgan fingerprint density at radius 3 is 2.75 bits per heavy atom. The fraction of sp³-hybridized carbons (Fsp3) is 0.667. The summed E-state index contributed by atoms with van der Waals surface area (Å²) in [6.45, 7) is 5.94. The summed E-state index contributed by atoms with van der Waals surface area (Å²) in [5.74, 6) is 0.440. The van der Waals surface area contributed by atoms with E-state index < -0.39 is 4.92 Å². The normalized spacial score (nSPS) is 19.0. The molecule has 1 unspecified atom stereocenters. The van der Waals surface area contributed by atoms with Gasteiger partial charge in [0.15, 0.2) is 0 Å². The van der Waals surface area contributed by atoms with Crippen molar-refractivity contribution >= 4 is 17.4 Å². The topological polar surface area (TPSA) is 102 Å². The Balaban J connectivity index is 2.29. The molecule has 2 N–H and O–H groups in total. The molecule has 0 spiro atoms. The van der Waals surface area contributed by atoms with Crippen molar-refractivity contribution in [1.29, 1.82) is 0 Å². The smallest absolute Gasteiger partial charge is 0.333 e. The fourth-order valence-corrected chi connectivity index (χ4v) is 2.31. The summed E-state index contributed by atoms with van der Waals surface area (Å²) >= 11 is 0. The third-order valence-electron chi connectivity index (χ3n) is 3.33. The lowest BCUT2D eigenvalue weighted by Gasteiger charge is -2.24. The van der Waals surface area contributed by atoms with Gasteiger partial charge in [-0.25, -0.2) is 4.68 Å². The van der Waals surface area contributed by atoms with Gasteiger partial charge in [0.05, 0.1) is 4.92 Å². The van der Waals surface area contributed by atoms with Gasteiger partial charge in [-0.05, 0) is 27.2 Å². The van der Waals surface area contributed by atoms with E-state index >= 15 is 0 Å². The molecule has 1 atom stereocenters. The number of aromatic nitrogens is 2. The van der Waals surface area contributed by atoms with E-state index in [0.717, 1.165) is 0 Å². The molecule has 8 heteroatoms. The maximum Gasteiger partial charge on any atom is 0.333 e. The third-order valence-corrected chi connectivity index (χ3v) is 3.33. The number of carbonyl (C=O) groups excluding carboxylic acids is 1. The van der Waals surface area contributed by atoms with Crippen molar-refractivity contribution < 1.29 is 9.72 Å². The first-order valence-electron chi connectivity index (χ1n) is 6.67. The minimum absolute atomic E-state index is 0.00981. The molecule has 1 amide bonds. The summed E-state index contributed by atoms with van der Waals surface area (Å²) in [4.78, 5) is 22.0. The van der Waals surface area contributed by atoms with Gasteiger partial charge in [0.1, 0.15) is 5.69 Å². The van der Waals surface area contributed by atoms with E-state index in [4.69, 9.17) is 0 Å². The van der Waals surface area contributed by atoms with Gasteiger partial charge in [-0.3, -0.25) is 14.9 Å². The number of nitrogens with zero attached hydrogens (tertiary/aromatic N) is 3. The molecular weight excluding hydrogens is 262 g/mol. The van der Waals surface area contributed by atoms with Gasteiger partial charge < -0.3 is 10.6 Å². The zero-order chi connectivity index (χ0) is 14.9. The summed E-state index contributed by atoms with van der Waals surface area (Å²) < 4.78 is 1.63. The van der Waals surface area contributed by atoms with Crippen molar-refractivity contribution in [2.24, 2.45) is 0 Å². The van der Waals surface area contributed by atoms with Crippen LogP contribution in [0.4, 0.5) is 11.5 Å². The number of rotatable bonds is 4. The zero-order valence-electron chi connectivity index (χ0n) is 11.8. The number of nitrogens with one attached hydrogen (secondary N) is 2. The highest BCUT2D eigenvalue weighted by molar-refractivity contribution is 5.77. The number of carbonyl (C=O) groups is 1. The minimum atomic E-state index is -0.412. The second-order valence-corrected chi connectivity index (χ2v) is 5.26. The molecule has 20 heavy (non-hydrogen) atoms. The van der Waals surface area contributed by atoms with Crippen LogP contribution in [0.1, 0.15) is 38.4 Å². The van der Waals surface area contributed by atoms with E-state index in [1.54, 1.807) is 11.6 Å². The van der Waals surface area contributed by atoms with Crippen LogP contribution in [-0.4, -0.2) is 33.2 Å². The minimum Gasteiger partial charge on any atom is -0.360 e. The van der Waals surface area contributed by atoms with Crippen LogP contribution in [0.3, 0.4) is 0 Å². The number of hydrogen-bond donors (Lipinski definition) is 2. The van der Waals surface area contributed by atoms with E-state index in [2.05, 4.69) is 15.7 Å². The van der Waals surface area contributed by atoms with Crippen LogP contribution in [0.5, 0.6) is 0 Å². The summed E-state index contributed by atoms with van der Waals surface area (Å²) in [6.07, 6.45) is 1.09. The van der Waals surface area contributed by atoms with Crippen LogP contribution in [0.15, 0.2) is 0 Å². The summed E-state index contributed by atoms with van der Waals surface area (Å²) in [5, 5.41) is 21.4. The predicted octanol–water partition coefficient (Wildman–Crippen LogP) is 1.37. The highest BCUT2D eigenvalue weighted by Crippen LogP contribution is 2.31. The molecule has 1 aliphatic rings. The number of nitro groups is 1. The molecule has 1 aromatic heterocycles. The summed E-state index contributed by atoms with van der Waals surface area (Å²) in [5.41, 5.74) is 0.404. The van der Waals surface area contributed by atoms with E-state index in [0.29, 0.717) is 30.9 Å². The molecule has 2 rings (SSSR count). The van der Waals surface area contributed by atoms with Gasteiger partial charge in [0, 0.05) is 25.0 Å². The SMILES string of the molecule is Cc1nn(C(C)C)c(NC2CCC(=O)NC2)c1[N+](=O)[O-]. The first-order valence-corrected chi connectivity index (χ1v) is 6.67. The van der Waals surface area contributed by atoms with Crippen LogP contribution in [0.25, 0.3) is 0 Å². The average molecular weight is 281 g/mol. The molecule has 0 saturated carbocycles. The Labute approximate surface area is 116 Å². The predicted molar refractivity (Wildman–Crippen MR) is 73.7 cm³/mol. The van der Waals surface area contributed by atoms with Crippen molar-refractivity contribution in [1.82, 2.24) is 15.1 Å². The van der Waals surface area contributed by atoms with Gasteiger partial charge in [-0.2, -0.15) is 5.10 Å². The first-order chi connectivity index (χ1) is 9.40. The van der Waals surface area contributed by atoms with Crippen LogP contribution in [0.2, 0.25) is 0 Å². The van der Waals surface area contributed by atoms with E-state index in [1.807, 2.05) is 13.8 Å². The Kier molecular flexibility index (Phi) is 3.91. The lowest BCUT2D eigenvalue weighted by molar-refractivity contribution is -0.384. The molecule has 0 aromatic carbocycles. The van der Waals surface area contributed by atoms with Gasteiger partial charge in [0.25, 0.3) is 0 Å². The van der Waals surface area contributed by atoms with Crippen LogP contribution in [0, 0.1) is 17.0 Å². The Morgan fingerprint density at radius 1 is 1.55 bits per heavy atom. The molecule has 1 fully saturated rings. The van der Waals surface area contributed by atoms with E-state index in [9.17, 15) is 14.9 Å². The highest BCUT2D eigenvalue weighted by Gasteiger charge is 2.29. The molecule has 1 saturated heterocycles. The molecule has 1 aromatic rings. The van der Waals surface area contributed by atoms with Crippen molar-refractivity contribution in [2.45, 2.75) is 45.7 Å². The van der Waals surface area contributed by atoms with Gasteiger partial charge in [-0.15, -0.1) is 0 Å². The quantitative estimate of drug-likeness (QED) is 0.641. The molecule has 0 radical (unpaired) electrons. The third kappa shape index (κ3) is 2.73. The van der Waals surface area contributed by atoms with Crippen LogP contribution >= 0.6 is 0 Å². The highest BCUT2D eigenvalue weighted by atomic mass is 16.6. The number of hydrogen-bond acceptors (Lipinski definition) is 5. The Bertz CT molecular complexity index is 527. The largest absolute Gasteiger partial charge is 0.360 e. The average Bonchev–Trinajstić information content (AvgIpc) is 2.69. The molecule has 0 bridgehead atoms. The van der Waals surface area contributed by atoms with Crippen LogP contribution in [-0.2, 0) is 4.79 Å². The number of amides is 1. The van der Waals surface area contributed by atoms with E-state index in [1.165, 1.54) is 0 Å². The molecule has 1 aliphatic heterocycles. The van der Waals surface area contributed by atoms with Crippen molar-refractivity contribution in [3.63, 3.8) is 0 Å². The van der Waals surface area contributed by atoms with Gasteiger partial charge in [0.2, 0.25) is 11.7 Å². The molecule has 2 heterocycles. The van der Waals surface area contributed by atoms with E-state index in [-0.39, 0.29) is 23.7 Å². The van der Waals surface area contributed by atoms with Crippen molar-refractivity contribution in [2.75, 3.05) is 11.9 Å². The number of piperidine rings is 1. The lowest BCUT2D eigenvalue weighted by atomic mass is 10.1. The van der Waals surface area contributed by atoms with Crippen molar-refractivity contribution in [3.8, 4) is 0 Å². The molecular formula is C12H19N5O3. The monoisotopic (exact) mass is 281 g/mol. The van der Waals surface area contributed by atoms with Gasteiger partial charge in [-0.1, -0.05) is 0 Å². The Morgan fingerprint density at radius 2 is 2.25 bits per heavy atom. The van der Waals surface area contributed by atoms with Crippen molar-refractivity contribution in [3.05, 3.63) is 15.8 Å². The zero-order valence-corrected chi connectivity index (χ0v) is 11.8. The maximum atomic E-state index is 11.2. The number of aryl methyl sites for hydroxylation is 1. The molecule has 0 aliphatic carbocycles. The first kappa shape index (κ1) is 14.3. The summed E-state index contributed by atoms with van der Waals surface area (Å²) in [6, 6.07) is 0.00285. The standard InChI is InChI=1S/C12H19N5O3/c1-7(2)16-12(11(17(19)20)8(3)15-16)14-9-4-5-10(18)13-6-9/h7,9,14H,4-6H2,1-3H3,(H,13,18). The lowest BCUT2D eigenvalue weighted by Crippen LogP contribution is -2.42. The Hall–Kier alpha value is -2.12. The second-order valence-electron chi connectivity index (χ2n) is 5.26. The fourth-order valence-electron chi connectivity index (χ4n) is 2.31. The number of anilines is 1.